The van der Waals surface area contributed by atoms with Gasteiger partial charge in [-0.05, 0) is 49.7 Å². The van der Waals surface area contributed by atoms with Crippen LogP contribution in [0.2, 0.25) is 5.02 Å². The highest BCUT2D eigenvalue weighted by Gasteiger charge is 2.18. The predicted molar refractivity (Wildman–Crippen MR) is 121 cm³/mol. The summed E-state index contributed by atoms with van der Waals surface area (Å²) in [5.74, 6) is 2.11. The van der Waals surface area contributed by atoms with Crippen LogP contribution in [0.25, 0.3) is 17.1 Å². The summed E-state index contributed by atoms with van der Waals surface area (Å²) in [5, 5.41) is 10.0. The van der Waals surface area contributed by atoms with Gasteiger partial charge in [0.25, 0.3) is 0 Å². The molecule has 0 aliphatic heterocycles. The summed E-state index contributed by atoms with van der Waals surface area (Å²) < 4.78 is 32.4. The largest absolute Gasteiger partial charge is 0.494 e. The number of halogens is 1. The van der Waals surface area contributed by atoms with Crippen LogP contribution in [0.15, 0.2) is 53.7 Å². The quantitative estimate of drug-likeness (QED) is 0.359. The SMILES string of the molecule is CCOc1ccc(-n2c(SCCCNS(C)(=O)=O)nnc2-c2ccccc2Cl)cc1. The zero-order valence-corrected chi connectivity index (χ0v) is 19.1. The summed E-state index contributed by atoms with van der Waals surface area (Å²) in [6, 6.07) is 15.2. The van der Waals surface area contributed by atoms with E-state index in [2.05, 4.69) is 14.9 Å². The van der Waals surface area contributed by atoms with Crippen LogP contribution in [0, 0.1) is 0 Å². The van der Waals surface area contributed by atoms with Gasteiger partial charge in [-0.15, -0.1) is 10.2 Å². The number of sulfonamides is 1. The van der Waals surface area contributed by atoms with Crippen molar-refractivity contribution in [2.45, 2.75) is 18.5 Å². The molecule has 0 bridgehead atoms. The number of benzene rings is 2. The molecule has 0 atom stereocenters. The second kappa shape index (κ2) is 10.3. The van der Waals surface area contributed by atoms with Crippen LogP contribution >= 0.6 is 23.4 Å². The molecule has 0 unspecified atom stereocenters. The van der Waals surface area contributed by atoms with E-state index >= 15 is 0 Å². The summed E-state index contributed by atoms with van der Waals surface area (Å²) in [5.41, 5.74) is 1.67. The molecule has 2 aromatic carbocycles. The highest BCUT2D eigenvalue weighted by atomic mass is 35.5. The zero-order chi connectivity index (χ0) is 21.6. The van der Waals surface area contributed by atoms with E-state index in [-0.39, 0.29) is 0 Å². The number of thioether (sulfide) groups is 1. The average molecular weight is 467 g/mol. The van der Waals surface area contributed by atoms with E-state index in [0.717, 1.165) is 23.3 Å². The molecule has 0 radical (unpaired) electrons. The third kappa shape index (κ3) is 5.98. The number of hydrogen-bond donors (Lipinski definition) is 1. The fourth-order valence-corrected chi connectivity index (χ4v) is 4.39. The van der Waals surface area contributed by atoms with Crippen molar-refractivity contribution in [3.63, 3.8) is 0 Å². The van der Waals surface area contributed by atoms with Crippen molar-refractivity contribution in [1.29, 1.82) is 0 Å². The summed E-state index contributed by atoms with van der Waals surface area (Å²) in [6.07, 6.45) is 1.81. The van der Waals surface area contributed by atoms with Crippen molar-refractivity contribution in [1.82, 2.24) is 19.5 Å². The topological polar surface area (TPSA) is 86.1 Å². The Balaban J connectivity index is 1.88. The summed E-state index contributed by atoms with van der Waals surface area (Å²) in [6.45, 7) is 2.91. The van der Waals surface area contributed by atoms with Gasteiger partial charge in [0.1, 0.15) is 5.75 Å². The molecule has 3 aromatic rings. The molecule has 10 heteroatoms. The standard InChI is InChI=1S/C20H23ClN4O3S2/c1-3-28-16-11-9-15(10-12-16)25-19(17-7-4-5-8-18(17)21)23-24-20(25)29-14-6-13-22-30(2,26)27/h4-5,7-12,22H,3,6,13-14H2,1-2H3. The number of rotatable bonds is 10. The number of nitrogens with zero attached hydrogens (tertiary/aromatic N) is 3. The van der Waals surface area contributed by atoms with Crippen molar-refractivity contribution in [3.8, 4) is 22.8 Å². The zero-order valence-electron chi connectivity index (χ0n) is 16.7. The molecule has 160 valence electrons. The molecule has 7 nitrogen and oxygen atoms in total. The molecule has 0 aliphatic carbocycles. The van der Waals surface area contributed by atoms with Crippen LogP contribution in [-0.2, 0) is 10.0 Å². The van der Waals surface area contributed by atoms with Gasteiger partial charge < -0.3 is 4.74 Å². The molecule has 0 spiro atoms. The fourth-order valence-electron chi connectivity index (χ4n) is 2.76. The fraction of sp³-hybridized carbons (Fsp3) is 0.300. The van der Waals surface area contributed by atoms with Crippen LogP contribution in [0.3, 0.4) is 0 Å². The van der Waals surface area contributed by atoms with Crippen molar-refractivity contribution in [2.75, 3.05) is 25.2 Å². The van der Waals surface area contributed by atoms with Crippen molar-refractivity contribution < 1.29 is 13.2 Å². The number of hydrogen-bond acceptors (Lipinski definition) is 6. The Kier molecular flexibility index (Phi) is 7.76. The Labute approximate surface area is 185 Å². The predicted octanol–water partition coefficient (Wildman–Crippen LogP) is 4.02. The minimum Gasteiger partial charge on any atom is -0.494 e. The lowest BCUT2D eigenvalue weighted by Gasteiger charge is -2.12. The molecule has 0 saturated carbocycles. The molecule has 0 saturated heterocycles. The van der Waals surface area contributed by atoms with Crippen molar-refractivity contribution in [3.05, 3.63) is 53.6 Å². The number of nitrogens with one attached hydrogen (secondary N) is 1. The van der Waals surface area contributed by atoms with E-state index in [9.17, 15) is 8.42 Å². The molecule has 1 aromatic heterocycles. The van der Waals surface area contributed by atoms with Gasteiger partial charge in [-0.1, -0.05) is 35.5 Å². The lowest BCUT2D eigenvalue weighted by Crippen LogP contribution is -2.23. The van der Waals surface area contributed by atoms with E-state index < -0.39 is 10.0 Å². The van der Waals surface area contributed by atoms with E-state index in [4.69, 9.17) is 16.3 Å². The van der Waals surface area contributed by atoms with Crippen molar-refractivity contribution >= 4 is 33.4 Å². The van der Waals surface area contributed by atoms with Crippen LogP contribution in [0.4, 0.5) is 0 Å². The van der Waals surface area contributed by atoms with Gasteiger partial charge in [0, 0.05) is 23.5 Å². The van der Waals surface area contributed by atoms with Gasteiger partial charge in [-0.25, -0.2) is 13.1 Å². The van der Waals surface area contributed by atoms with Gasteiger partial charge in [-0.3, -0.25) is 4.57 Å². The summed E-state index contributed by atoms with van der Waals surface area (Å²) in [7, 11) is -3.18. The van der Waals surface area contributed by atoms with Gasteiger partial charge in [0.05, 0.1) is 17.9 Å². The average Bonchev–Trinajstić information content (AvgIpc) is 3.12. The number of ether oxygens (including phenoxy) is 1. The van der Waals surface area contributed by atoms with E-state index in [0.29, 0.717) is 41.3 Å². The molecule has 1 N–H and O–H groups in total. The summed E-state index contributed by atoms with van der Waals surface area (Å²) in [4.78, 5) is 0. The Bertz CT molecular complexity index is 1090. The first-order chi connectivity index (χ1) is 14.4. The van der Waals surface area contributed by atoms with Gasteiger partial charge in [0.15, 0.2) is 11.0 Å². The lowest BCUT2D eigenvalue weighted by atomic mass is 10.2. The lowest BCUT2D eigenvalue weighted by molar-refractivity contribution is 0.340. The van der Waals surface area contributed by atoms with Crippen LogP contribution in [0.1, 0.15) is 13.3 Å². The first-order valence-electron chi connectivity index (χ1n) is 9.40. The molecular weight excluding hydrogens is 444 g/mol. The van der Waals surface area contributed by atoms with E-state index in [1.807, 2.05) is 60.0 Å². The number of aromatic nitrogens is 3. The minimum absolute atomic E-state index is 0.375. The third-order valence-corrected chi connectivity index (χ3v) is 6.14. The molecule has 0 amide bonds. The van der Waals surface area contributed by atoms with Gasteiger partial charge >= 0.3 is 0 Å². The molecule has 3 rings (SSSR count). The smallest absolute Gasteiger partial charge is 0.208 e. The Morgan fingerprint density at radius 3 is 2.53 bits per heavy atom. The second-order valence-corrected chi connectivity index (χ2v) is 9.72. The minimum atomic E-state index is -3.18. The van der Waals surface area contributed by atoms with E-state index in [1.54, 1.807) is 0 Å². The summed E-state index contributed by atoms with van der Waals surface area (Å²) >= 11 is 7.92. The highest BCUT2D eigenvalue weighted by Crippen LogP contribution is 2.32. The molecule has 0 fully saturated rings. The first kappa shape index (κ1) is 22.6. The van der Waals surface area contributed by atoms with Crippen LogP contribution in [-0.4, -0.2) is 48.3 Å². The highest BCUT2D eigenvalue weighted by molar-refractivity contribution is 7.99. The molecular formula is C20H23ClN4O3S2. The normalized spacial score (nSPS) is 11.6. The molecule has 30 heavy (non-hydrogen) atoms. The van der Waals surface area contributed by atoms with Crippen molar-refractivity contribution in [2.24, 2.45) is 0 Å². The van der Waals surface area contributed by atoms with Gasteiger partial charge in [-0.2, -0.15) is 0 Å². The maximum atomic E-state index is 11.2. The molecule has 1 heterocycles. The Morgan fingerprint density at radius 1 is 1.13 bits per heavy atom. The maximum absolute atomic E-state index is 11.2. The van der Waals surface area contributed by atoms with E-state index in [1.165, 1.54) is 11.8 Å². The first-order valence-corrected chi connectivity index (χ1v) is 12.7. The third-order valence-electron chi connectivity index (χ3n) is 4.07. The van der Waals surface area contributed by atoms with Gasteiger partial charge in [0.2, 0.25) is 10.0 Å². The molecule has 0 aliphatic rings. The second-order valence-electron chi connectivity index (χ2n) is 6.42. The Morgan fingerprint density at radius 2 is 1.87 bits per heavy atom. The Hall–Kier alpha value is -2.07. The van der Waals surface area contributed by atoms with Crippen LogP contribution in [0.5, 0.6) is 5.75 Å². The monoisotopic (exact) mass is 466 g/mol. The van der Waals surface area contributed by atoms with Crippen LogP contribution < -0.4 is 9.46 Å². The maximum Gasteiger partial charge on any atom is 0.208 e.